The minimum Gasteiger partial charge on any atom is -0.379 e. The summed E-state index contributed by atoms with van der Waals surface area (Å²) < 4.78 is 12.4. The zero-order valence-corrected chi connectivity index (χ0v) is 33.5. The van der Waals surface area contributed by atoms with Crippen LogP contribution in [0.15, 0.2) is 78.0 Å². The summed E-state index contributed by atoms with van der Waals surface area (Å²) in [6.45, 7) is 6.90. The van der Waals surface area contributed by atoms with E-state index >= 15 is 0 Å². The molecule has 1 aromatic heterocycles. The standard InChI is InChI=1S/C44H75NO2S2/c1-3-5-7-9-11-13-15-17-19-21-23-25-27-29-31-35-39-46-41-43(42-48-49-44-37-33-34-38-45-44)47-40-36-32-30-28-26-24-22-20-18-16-14-12-10-8-6-4-2/h11-14,17-20,33-34,37-38,43H,3-10,15-16,21-32,35-36,39-42H2,1-2H3/b13-11-,14-12-,19-17-,20-18-. The van der Waals surface area contributed by atoms with Crippen molar-refractivity contribution in [3.05, 3.63) is 73.0 Å². The largest absolute Gasteiger partial charge is 0.379 e. The second kappa shape index (κ2) is 39.5. The Bertz CT molecular complexity index is 901. The van der Waals surface area contributed by atoms with Gasteiger partial charge in [0.15, 0.2) is 0 Å². The average molecular weight is 714 g/mol. The molecule has 0 amide bonds. The van der Waals surface area contributed by atoms with Crippen molar-refractivity contribution in [3.63, 3.8) is 0 Å². The van der Waals surface area contributed by atoms with E-state index in [1.807, 2.05) is 29.1 Å². The highest BCUT2D eigenvalue weighted by Crippen LogP contribution is 2.30. The van der Waals surface area contributed by atoms with Crippen molar-refractivity contribution in [3.8, 4) is 0 Å². The molecule has 0 saturated carbocycles. The topological polar surface area (TPSA) is 31.4 Å². The number of allylic oxidation sites excluding steroid dienone is 8. The highest BCUT2D eigenvalue weighted by molar-refractivity contribution is 8.76. The lowest BCUT2D eigenvalue weighted by Crippen LogP contribution is -2.23. The summed E-state index contributed by atoms with van der Waals surface area (Å²) >= 11 is 0. The van der Waals surface area contributed by atoms with Gasteiger partial charge in [-0.15, -0.1) is 0 Å². The number of unbranched alkanes of at least 4 members (excludes halogenated alkanes) is 18. The summed E-state index contributed by atoms with van der Waals surface area (Å²) in [5.41, 5.74) is 0. The van der Waals surface area contributed by atoms with Crippen LogP contribution in [0.25, 0.3) is 0 Å². The summed E-state index contributed by atoms with van der Waals surface area (Å²) in [5.74, 6) is 0.924. The van der Waals surface area contributed by atoms with E-state index in [0.29, 0.717) is 6.61 Å². The Kier molecular flexibility index (Phi) is 36.9. The van der Waals surface area contributed by atoms with Crippen LogP contribution in [-0.4, -0.2) is 36.7 Å². The quantitative estimate of drug-likeness (QED) is 0.0389. The van der Waals surface area contributed by atoms with E-state index in [-0.39, 0.29) is 6.10 Å². The lowest BCUT2D eigenvalue weighted by Gasteiger charge is -2.18. The molecule has 1 rings (SSSR count). The Balaban J connectivity index is 2.07. The molecule has 0 saturated heterocycles. The fourth-order valence-corrected chi connectivity index (χ4v) is 7.55. The molecule has 1 heterocycles. The first kappa shape index (κ1) is 45.8. The fourth-order valence-electron chi connectivity index (χ4n) is 5.46. The van der Waals surface area contributed by atoms with Crippen molar-refractivity contribution < 1.29 is 9.47 Å². The molecule has 0 bridgehead atoms. The highest BCUT2D eigenvalue weighted by Gasteiger charge is 2.11. The number of rotatable bonds is 37. The summed E-state index contributed by atoms with van der Waals surface area (Å²) in [5, 5.41) is 1.05. The van der Waals surface area contributed by atoms with Gasteiger partial charge in [-0.3, -0.25) is 0 Å². The van der Waals surface area contributed by atoms with Crippen LogP contribution < -0.4 is 0 Å². The van der Waals surface area contributed by atoms with E-state index in [9.17, 15) is 0 Å². The molecule has 0 aromatic carbocycles. The van der Waals surface area contributed by atoms with E-state index in [1.165, 1.54) is 128 Å². The van der Waals surface area contributed by atoms with Crippen LogP contribution in [0.2, 0.25) is 0 Å². The van der Waals surface area contributed by atoms with Gasteiger partial charge in [0.05, 0.1) is 12.7 Å². The molecule has 49 heavy (non-hydrogen) atoms. The molecule has 1 unspecified atom stereocenters. The van der Waals surface area contributed by atoms with Gasteiger partial charge >= 0.3 is 0 Å². The molecular weight excluding hydrogens is 639 g/mol. The number of hydrogen-bond donors (Lipinski definition) is 0. The van der Waals surface area contributed by atoms with Gasteiger partial charge in [-0.05, 0) is 100.0 Å². The summed E-state index contributed by atoms with van der Waals surface area (Å²) in [4.78, 5) is 4.44. The number of ether oxygens (including phenoxy) is 2. The molecule has 0 N–H and O–H groups in total. The first-order valence-electron chi connectivity index (χ1n) is 20.4. The average Bonchev–Trinajstić information content (AvgIpc) is 3.12. The van der Waals surface area contributed by atoms with Gasteiger partial charge in [-0.1, -0.05) is 156 Å². The van der Waals surface area contributed by atoms with Crippen molar-refractivity contribution in [1.82, 2.24) is 4.98 Å². The predicted molar refractivity (Wildman–Crippen MR) is 222 cm³/mol. The molecule has 0 fully saturated rings. The third-order valence-electron chi connectivity index (χ3n) is 8.53. The SMILES string of the molecule is CCCCC/C=C\C/C=C\CCCCCCCCOCC(CSSc1ccccn1)OCCCCCCCC/C=C\C/C=C\CCCCC. The molecule has 0 spiro atoms. The molecule has 0 aliphatic rings. The Labute approximate surface area is 312 Å². The van der Waals surface area contributed by atoms with Gasteiger partial charge in [0.1, 0.15) is 5.03 Å². The van der Waals surface area contributed by atoms with E-state index in [4.69, 9.17) is 9.47 Å². The van der Waals surface area contributed by atoms with Crippen LogP contribution in [0, 0.1) is 0 Å². The number of aromatic nitrogens is 1. The summed E-state index contributed by atoms with van der Waals surface area (Å²) in [7, 11) is 3.56. The minimum atomic E-state index is 0.142. The van der Waals surface area contributed by atoms with E-state index in [2.05, 4.69) is 73.5 Å². The molecule has 0 aliphatic heterocycles. The Hall–Kier alpha value is -1.27. The molecule has 1 atom stereocenters. The minimum absolute atomic E-state index is 0.142. The maximum atomic E-state index is 6.33. The third-order valence-corrected chi connectivity index (χ3v) is 10.8. The van der Waals surface area contributed by atoms with Crippen molar-refractivity contribution in [1.29, 1.82) is 0 Å². The second-order valence-electron chi connectivity index (χ2n) is 13.3. The van der Waals surface area contributed by atoms with Crippen LogP contribution in [-0.2, 0) is 9.47 Å². The maximum Gasteiger partial charge on any atom is 0.106 e. The Morgan fingerprint density at radius 2 is 1.06 bits per heavy atom. The molecule has 3 nitrogen and oxygen atoms in total. The van der Waals surface area contributed by atoms with Gasteiger partial charge in [-0.25, -0.2) is 4.98 Å². The smallest absolute Gasteiger partial charge is 0.106 e. The Morgan fingerprint density at radius 3 is 1.57 bits per heavy atom. The maximum absolute atomic E-state index is 6.33. The molecule has 5 heteroatoms. The van der Waals surface area contributed by atoms with Crippen molar-refractivity contribution in [2.75, 3.05) is 25.6 Å². The van der Waals surface area contributed by atoms with Crippen molar-refractivity contribution in [2.24, 2.45) is 0 Å². The van der Waals surface area contributed by atoms with Gasteiger partial charge in [0, 0.05) is 25.2 Å². The second-order valence-corrected chi connectivity index (χ2v) is 15.6. The molecule has 1 aromatic rings. The van der Waals surface area contributed by atoms with Gasteiger partial charge in [0.2, 0.25) is 0 Å². The Morgan fingerprint density at radius 1 is 0.571 bits per heavy atom. The first-order valence-corrected chi connectivity index (χ1v) is 22.7. The number of pyridine rings is 1. The third kappa shape index (κ3) is 34.9. The first-order chi connectivity index (χ1) is 24.4. The zero-order valence-electron chi connectivity index (χ0n) is 31.9. The van der Waals surface area contributed by atoms with Crippen molar-refractivity contribution in [2.45, 2.75) is 179 Å². The van der Waals surface area contributed by atoms with Crippen LogP contribution >= 0.6 is 21.6 Å². The number of hydrogen-bond acceptors (Lipinski definition) is 5. The normalized spacial score (nSPS) is 12.9. The van der Waals surface area contributed by atoms with E-state index < -0.39 is 0 Å². The molecule has 0 aliphatic carbocycles. The fraction of sp³-hybridized carbons (Fsp3) is 0.705. The monoisotopic (exact) mass is 714 g/mol. The molecule has 0 radical (unpaired) electrons. The van der Waals surface area contributed by atoms with Crippen LogP contribution in [0.1, 0.15) is 168 Å². The highest BCUT2D eigenvalue weighted by atomic mass is 33.1. The summed E-state index contributed by atoms with van der Waals surface area (Å²) in [6.07, 6.45) is 51.3. The number of nitrogens with zero attached hydrogens (tertiary/aromatic N) is 1. The lowest BCUT2D eigenvalue weighted by atomic mass is 10.1. The lowest BCUT2D eigenvalue weighted by molar-refractivity contribution is -0.00609. The molecule has 280 valence electrons. The zero-order chi connectivity index (χ0) is 35.0. The van der Waals surface area contributed by atoms with Crippen LogP contribution in [0.5, 0.6) is 0 Å². The summed E-state index contributed by atoms with van der Waals surface area (Å²) in [6, 6.07) is 6.08. The van der Waals surface area contributed by atoms with Gasteiger partial charge in [0.25, 0.3) is 0 Å². The van der Waals surface area contributed by atoms with Crippen molar-refractivity contribution >= 4 is 21.6 Å². The van der Waals surface area contributed by atoms with Crippen LogP contribution in [0.4, 0.5) is 0 Å². The van der Waals surface area contributed by atoms with Gasteiger partial charge < -0.3 is 9.47 Å². The van der Waals surface area contributed by atoms with Crippen LogP contribution in [0.3, 0.4) is 0 Å². The van der Waals surface area contributed by atoms with E-state index in [0.717, 1.165) is 49.7 Å². The predicted octanol–water partition coefficient (Wildman–Crippen LogP) is 14.9. The van der Waals surface area contributed by atoms with Gasteiger partial charge in [-0.2, -0.15) is 0 Å². The van der Waals surface area contributed by atoms with E-state index in [1.54, 1.807) is 10.8 Å². The molecular formula is C44H75NO2S2.